The van der Waals surface area contributed by atoms with E-state index in [2.05, 4.69) is 10.3 Å². The second kappa shape index (κ2) is 5.47. The Morgan fingerprint density at radius 2 is 1.88 bits per heavy atom. The minimum atomic E-state index is 0.0135. The number of carbonyl (C=O) groups is 1. The number of amides is 1. The second-order valence-electron chi connectivity index (χ2n) is 8.49. The zero-order valence-corrected chi connectivity index (χ0v) is 15.4. The molecule has 0 saturated heterocycles. The number of hydrogen-bond donors (Lipinski definition) is 1. The first kappa shape index (κ1) is 15.7. The Morgan fingerprint density at radius 3 is 2.48 bits per heavy atom. The fourth-order valence-corrected chi connectivity index (χ4v) is 6.28. The van der Waals surface area contributed by atoms with E-state index < -0.39 is 0 Å². The number of rotatable bonds is 3. The van der Waals surface area contributed by atoms with Crippen LogP contribution >= 0.6 is 11.6 Å². The van der Waals surface area contributed by atoms with Gasteiger partial charge in [-0.3, -0.25) is 9.20 Å². The van der Waals surface area contributed by atoms with Crippen molar-refractivity contribution in [3.8, 4) is 0 Å². The van der Waals surface area contributed by atoms with E-state index in [0.717, 1.165) is 54.8 Å². The fourth-order valence-electron chi connectivity index (χ4n) is 6.12. The number of hydrogen-bond acceptors (Lipinski definition) is 2. The molecule has 2 heterocycles. The van der Waals surface area contributed by atoms with Gasteiger partial charge in [0.05, 0.1) is 10.7 Å². The Labute approximate surface area is 153 Å². The van der Waals surface area contributed by atoms with Crippen LogP contribution < -0.4 is 5.32 Å². The first-order chi connectivity index (χ1) is 12.0. The van der Waals surface area contributed by atoms with Crippen LogP contribution in [0.25, 0.3) is 5.65 Å². The molecule has 25 heavy (non-hydrogen) atoms. The van der Waals surface area contributed by atoms with Crippen molar-refractivity contribution in [3.05, 3.63) is 34.7 Å². The second-order valence-corrected chi connectivity index (χ2v) is 8.92. The van der Waals surface area contributed by atoms with E-state index in [1.165, 1.54) is 19.3 Å². The third-order valence-electron chi connectivity index (χ3n) is 6.62. The standard InChI is InChI=1S/C20H24ClN3O/c1-2-16-18(24-11-15(21)3-4-17(24)22-16)19(25)23-20-8-12-5-13(9-20)7-14(6-12)10-20/h3-4,11-14H,2,5-10H2,1H3,(H,23,25). The van der Waals surface area contributed by atoms with Crippen molar-refractivity contribution in [2.45, 2.75) is 57.4 Å². The summed E-state index contributed by atoms with van der Waals surface area (Å²) in [7, 11) is 0. The van der Waals surface area contributed by atoms with Gasteiger partial charge in [0.25, 0.3) is 5.91 Å². The van der Waals surface area contributed by atoms with Crippen LogP contribution in [0.1, 0.15) is 61.6 Å². The smallest absolute Gasteiger partial charge is 0.270 e. The summed E-state index contributed by atoms with van der Waals surface area (Å²) < 4.78 is 1.86. The summed E-state index contributed by atoms with van der Waals surface area (Å²) in [5.41, 5.74) is 2.32. The van der Waals surface area contributed by atoms with E-state index in [1.807, 2.05) is 23.5 Å². The third-order valence-corrected chi connectivity index (χ3v) is 6.85. The van der Waals surface area contributed by atoms with Gasteiger partial charge in [0.15, 0.2) is 0 Å². The van der Waals surface area contributed by atoms with E-state index in [9.17, 15) is 4.79 Å². The van der Waals surface area contributed by atoms with Crippen molar-refractivity contribution in [2.24, 2.45) is 17.8 Å². The van der Waals surface area contributed by atoms with Crippen LogP contribution in [-0.2, 0) is 6.42 Å². The summed E-state index contributed by atoms with van der Waals surface area (Å²) in [6, 6.07) is 3.70. The Kier molecular flexibility index (Phi) is 3.43. The first-order valence-electron chi connectivity index (χ1n) is 9.54. The molecule has 1 amide bonds. The van der Waals surface area contributed by atoms with E-state index in [4.69, 9.17) is 11.6 Å². The molecule has 4 saturated carbocycles. The lowest BCUT2D eigenvalue weighted by Gasteiger charge is -2.56. The molecule has 2 aromatic heterocycles. The van der Waals surface area contributed by atoms with Gasteiger partial charge < -0.3 is 5.32 Å². The molecule has 1 N–H and O–H groups in total. The van der Waals surface area contributed by atoms with Gasteiger partial charge in [0, 0.05) is 11.7 Å². The van der Waals surface area contributed by atoms with E-state index >= 15 is 0 Å². The Morgan fingerprint density at radius 1 is 1.24 bits per heavy atom. The molecular formula is C20H24ClN3O. The van der Waals surface area contributed by atoms with Crippen LogP contribution in [0.4, 0.5) is 0 Å². The molecule has 0 aliphatic heterocycles. The minimum absolute atomic E-state index is 0.0135. The molecule has 132 valence electrons. The predicted molar refractivity (Wildman–Crippen MR) is 97.9 cm³/mol. The number of fused-ring (bicyclic) bond motifs is 1. The molecule has 0 spiro atoms. The number of carbonyl (C=O) groups excluding carboxylic acids is 1. The van der Waals surface area contributed by atoms with Crippen molar-refractivity contribution in [1.29, 1.82) is 0 Å². The molecular weight excluding hydrogens is 334 g/mol. The maximum atomic E-state index is 13.3. The van der Waals surface area contributed by atoms with Crippen LogP contribution in [0, 0.1) is 17.8 Å². The summed E-state index contributed by atoms with van der Waals surface area (Å²) >= 11 is 6.17. The number of halogens is 1. The van der Waals surface area contributed by atoms with Gasteiger partial charge in [0.2, 0.25) is 0 Å². The maximum Gasteiger partial charge on any atom is 0.270 e. The summed E-state index contributed by atoms with van der Waals surface area (Å²) in [5.74, 6) is 2.46. The van der Waals surface area contributed by atoms with Gasteiger partial charge in [-0.05, 0) is 74.8 Å². The lowest BCUT2D eigenvalue weighted by molar-refractivity contribution is -0.0168. The molecule has 4 aliphatic carbocycles. The van der Waals surface area contributed by atoms with Gasteiger partial charge >= 0.3 is 0 Å². The third kappa shape index (κ3) is 2.49. The number of nitrogens with zero attached hydrogens (tertiary/aromatic N) is 2. The first-order valence-corrected chi connectivity index (χ1v) is 9.92. The lowest BCUT2D eigenvalue weighted by atomic mass is 9.53. The van der Waals surface area contributed by atoms with Gasteiger partial charge in [0.1, 0.15) is 11.3 Å². The highest BCUT2D eigenvalue weighted by molar-refractivity contribution is 6.30. The highest BCUT2D eigenvalue weighted by atomic mass is 35.5. The van der Waals surface area contributed by atoms with Crippen molar-refractivity contribution < 1.29 is 4.79 Å². The SMILES string of the molecule is CCc1nc2ccc(Cl)cn2c1C(=O)NC12CC3CC(CC(C3)C1)C2. The van der Waals surface area contributed by atoms with Crippen molar-refractivity contribution in [2.75, 3.05) is 0 Å². The number of nitrogens with one attached hydrogen (secondary N) is 1. The monoisotopic (exact) mass is 357 g/mol. The molecule has 0 atom stereocenters. The van der Waals surface area contributed by atoms with Gasteiger partial charge in [-0.15, -0.1) is 0 Å². The van der Waals surface area contributed by atoms with Crippen LogP contribution in [-0.4, -0.2) is 20.8 Å². The van der Waals surface area contributed by atoms with Gasteiger partial charge in [-0.1, -0.05) is 18.5 Å². The average molecular weight is 358 g/mol. The summed E-state index contributed by atoms with van der Waals surface area (Å²) in [6.07, 6.45) is 10.1. The molecule has 0 unspecified atom stereocenters. The topological polar surface area (TPSA) is 46.4 Å². The van der Waals surface area contributed by atoms with Crippen LogP contribution in [0.15, 0.2) is 18.3 Å². The number of aromatic nitrogens is 2. The Bertz CT molecular complexity index is 821. The van der Waals surface area contributed by atoms with E-state index in [-0.39, 0.29) is 11.4 Å². The molecule has 5 heteroatoms. The van der Waals surface area contributed by atoms with Crippen molar-refractivity contribution in [3.63, 3.8) is 0 Å². The van der Waals surface area contributed by atoms with Crippen LogP contribution in [0.2, 0.25) is 5.02 Å². The van der Waals surface area contributed by atoms with Gasteiger partial charge in [-0.2, -0.15) is 0 Å². The zero-order valence-electron chi connectivity index (χ0n) is 14.6. The van der Waals surface area contributed by atoms with Gasteiger partial charge in [-0.25, -0.2) is 4.98 Å². The van der Waals surface area contributed by atoms with Crippen molar-refractivity contribution >= 4 is 23.2 Å². The van der Waals surface area contributed by atoms with E-state index in [1.54, 1.807) is 6.20 Å². The van der Waals surface area contributed by atoms with Crippen molar-refractivity contribution in [1.82, 2.24) is 14.7 Å². The number of aryl methyl sites for hydroxylation is 1. The zero-order chi connectivity index (χ0) is 17.2. The van der Waals surface area contributed by atoms with Crippen LogP contribution in [0.3, 0.4) is 0 Å². The summed E-state index contributed by atoms with van der Waals surface area (Å²) in [5, 5.41) is 4.09. The fraction of sp³-hybridized carbons (Fsp3) is 0.600. The minimum Gasteiger partial charge on any atom is -0.345 e. The molecule has 6 rings (SSSR count). The highest BCUT2D eigenvalue weighted by Gasteiger charge is 2.51. The summed E-state index contributed by atoms with van der Waals surface area (Å²) in [6.45, 7) is 2.05. The normalized spacial score (nSPS) is 33.1. The number of pyridine rings is 1. The molecule has 2 aromatic rings. The summed E-state index contributed by atoms with van der Waals surface area (Å²) in [4.78, 5) is 17.9. The molecule has 0 radical (unpaired) electrons. The lowest BCUT2D eigenvalue weighted by Crippen LogP contribution is -2.60. The largest absolute Gasteiger partial charge is 0.345 e. The van der Waals surface area contributed by atoms with Crippen LogP contribution in [0.5, 0.6) is 0 Å². The Balaban J connectivity index is 1.51. The maximum absolute atomic E-state index is 13.3. The molecule has 4 bridgehead atoms. The Hall–Kier alpha value is -1.55. The predicted octanol–water partition coefficient (Wildman–Crippen LogP) is 4.25. The van der Waals surface area contributed by atoms with E-state index in [0.29, 0.717) is 10.7 Å². The molecule has 0 aromatic carbocycles. The highest BCUT2D eigenvalue weighted by Crippen LogP contribution is 2.55. The molecule has 4 aliphatic rings. The molecule has 4 fully saturated rings. The average Bonchev–Trinajstić information content (AvgIpc) is 2.90. The number of imidazole rings is 1. The quantitative estimate of drug-likeness (QED) is 0.892. The molecule has 4 nitrogen and oxygen atoms in total.